The standard InChI is InChI=1S/C21H25N5O2S/c1-4-5-15-17(14(3)27)13(2)24-18(15)21(28)26-9-7-25(8-10-26)19-16-6-11-29-20(16)23-12-22-19/h6,11-12,24H,4-5,7-10H2,1-3H3. The number of carbonyl (C=O) groups excluding carboxylic acids is 2. The Balaban J connectivity index is 1.53. The number of rotatable bonds is 5. The van der Waals surface area contributed by atoms with E-state index >= 15 is 0 Å². The van der Waals surface area contributed by atoms with E-state index in [1.165, 1.54) is 0 Å². The van der Waals surface area contributed by atoms with Crippen LogP contribution in [0.4, 0.5) is 5.82 Å². The lowest BCUT2D eigenvalue weighted by atomic mass is 10.0. The number of carbonyl (C=O) groups is 2. The van der Waals surface area contributed by atoms with Crippen LogP contribution in [0.1, 0.15) is 52.4 Å². The molecule has 1 N–H and O–H groups in total. The number of aromatic nitrogens is 3. The lowest BCUT2D eigenvalue weighted by Crippen LogP contribution is -2.49. The van der Waals surface area contributed by atoms with Crippen molar-refractivity contribution in [1.82, 2.24) is 19.9 Å². The highest BCUT2D eigenvalue weighted by Crippen LogP contribution is 2.28. The van der Waals surface area contributed by atoms with Crippen LogP contribution in [0.25, 0.3) is 10.2 Å². The third-order valence-corrected chi connectivity index (χ3v) is 6.28. The Bertz CT molecular complexity index is 1060. The maximum Gasteiger partial charge on any atom is 0.270 e. The molecule has 0 aromatic carbocycles. The second kappa shape index (κ2) is 7.94. The van der Waals surface area contributed by atoms with E-state index in [-0.39, 0.29) is 11.7 Å². The van der Waals surface area contributed by atoms with E-state index in [9.17, 15) is 9.59 Å². The summed E-state index contributed by atoms with van der Waals surface area (Å²) in [5.41, 5.74) is 2.89. The Morgan fingerprint density at radius 3 is 2.66 bits per heavy atom. The van der Waals surface area contributed by atoms with Crippen LogP contribution in [0.15, 0.2) is 17.8 Å². The molecule has 0 aliphatic carbocycles. The average Bonchev–Trinajstić information content (AvgIpc) is 3.32. The van der Waals surface area contributed by atoms with Gasteiger partial charge in [-0.1, -0.05) is 13.3 Å². The number of aromatic amines is 1. The van der Waals surface area contributed by atoms with Crippen LogP contribution in [0.5, 0.6) is 0 Å². The molecule has 0 radical (unpaired) electrons. The van der Waals surface area contributed by atoms with Crippen molar-refractivity contribution in [2.24, 2.45) is 0 Å². The molecule has 0 saturated carbocycles. The van der Waals surface area contributed by atoms with Crippen LogP contribution in [0.3, 0.4) is 0 Å². The van der Waals surface area contributed by atoms with Gasteiger partial charge >= 0.3 is 0 Å². The summed E-state index contributed by atoms with van der Waals surface area (Å²) in [6.45, 7) is 8.17. The number of thiophene rings is 1. The van der Waals surface area contributed by atoms with Gasteiger partial charge in [-0.25, -0.2) is 9.97 Å². The zero-order chi connectivity index (χ0) is 20.5. The van der Waals surface area contributed by atoms with Gasteiger partial charge in [-0.15, -0.1) is 11.3 Å². The molecule has 8 heteroatoms. The van der Waals surface area contributed by atoms with Crippen molar-refractivity contribution < 1.29 is 9.59 Å². The molecule has 0 atom stereocenters. The Morgan fingerprint density at radius 2 is 1.97 bits per heavy atom. The predicted octanol–water partition coefficient (Wildman–Crippen LogP) is 3.45. The minimum absolute atomic E-state index is 0.00890. The molecule has 4 heterocycles. The number of aryl methyl sites for hydroxylation is 1. The number of ketones is 1. The van der Waals surface area contributed by atoms with Gasteiger partial charge in [-0.05, 0) is 37.3 Å². The lowest BCUT2D eigenvalue weighted by Gasteiger charge is -2.35. The van der Waals surface area contributed by atoms with Crippen molar-refractivity contribution in [1.29, 1.82) is 0 Å². The highest BCUT2D eigenvalue weighted by atomic mass is 32.1. The number of amides is 1. The monoisotopic (exact) mass is 411 g/mol. The van der Waals surface area contributed by atoms with E-state index in [0.29, 0.717) is 24.3 Å². The summed E-state index contributed by atoms with van der Waals surface area (Å²) in [4.78, 5) is 42.4. The fourth-order valence-electron chi connectivity index (χ4n) is 4.14. The highest BCUT2D eigenvalue weighted by Gasteiger charge is 2.28. The van der Waals surface area contributed by atoms with Crippen molar-refractivity contribution in [3.8, 4) is 0 Å². The van der Waals surface area contributed by atoms with Crippen LogP contribution in [0, 0.1) is 6.92 Å². The van der Waals surface area contributed by atoms with Crippen molar-refractivity contribution in [3.63, 3.8) is 0 Å². The summed E-state index contributed by atoms with van der Waals surface area (Å²) in [7, 11) is 0. The van der Waals surface area contributed by atoms with Crippen molar-refractivity contribution in [3.05, 3.63) is 40.3 Å². The first-order valence-electron chi connectivity index (χ1n) is 9.96. The molecule has 1 amide bonds. The fraction of sp³-hybridized carbons (Fsp3) is 0.429. The van der Waals surface area contributed by atoms with E-state index in [4.69, 9.17) is 0 Å². The van der Waals surface area contributed by atoms with E-state index in [1.807, 2.05) is 17.2 Å². The van der Waals surface area contributed by atoms with Crippen LogP contribution in [-0.2, 0) is 6.42 Å². The predicted molar refractivity (Wildman–Crippen MR) is 115 cm³/mol. The van der Waals surface area contributed by atoms with Gasteiger partial charge in [0.25, 0.3) is 5.91 Å². The molecule has 0 bridgehead atoms. The molecular weight excluding hydrogens is 386 g/mol. The van der Waals surface area contributed by atoms with Crippen LogP contribution >= 0.6 is 11.3 Å². The van der Waals surface area contributed by atoms with Gasteiger partial charge in [0.1, 0.15) is 22.7 Å². The van der Waals surface area contributed by atoms with E-state index in [1.54, 1.807) is 24.6 Å². The van der Waals surface area contributed by atoms with E-state index < -0.39 is 0 Å². The molecule has 1 aliphatic rings. The number of nitrogens with zero attached hydrogens (tertiary/aromatic N) is 4. The summed E-state index contributed by atoms with van der Waals surface area (Å²) in [6.07, 6.45) is 3.21. The van der Waals surface area contributed by atoms with Gasteiger partial charge in [0.2, 0.25) is 0 Å². The van der Waals surface area contributed by atoms with E-state index in [2.05, 4.69) is 32.8 Å². The number of anilines is 1. The van der Waals surface area contributed by atoms with Gasteiger partial charge in [-0.3, -0.25) is 9.59 Å². The molecule has 0 unspecified atom stereocenters. The largest absolute Gasteiger partial charge is 0.354 e. The van der Waals surface area contributed by atoms with Gasteiger partial charge in [0.15, 0.2) is 5.78 Å². The van der Waals surface area contributed by atoms with E-state index in [0.717, 1.165) is 53.2 Å². The molecule has 152 valence electrons. The molecule has 1 fully saturated rings. The van der Waals surface area contributed by atoms with Gasteiger partial charge in [-0.2, -0.15) is 0 Å². The van der Waals surface area contributed by atoms with Crippen molar-refractivity contribution in [2.75, 3.05) is 31.1 Å². The Labute approximate surface area is 173 Å². The molecular formula is C21H25N5O2S. The zero-order valence-electron chi connectivity index (χ0n) is 17.0. The maximum absolute atomic E-state index is 13.2. The second-order valence-electron chi connectivity index (χ2n) is 7.40. The first-order chi connectivity index (χ1) is 14.0. The summed E-state index contributed by atoms with van der Waals surface area (Å²) < 4.78 is 0. The van der Waals surface area contributed by atoms with Gasteiger partial charge < -0.3 is 14.8 Å². The van der Waals surface area contributed by atoms with Gasteiger partial charge in [0, 0.05) is 37.4 Å². The second-order valence-corrected chi connectivity index (χ2v) is 8.30. The third-order valence-electron chi connectivity index (χ3n) is 5.46. The molecule has 1 aliphatic heterocycles. The van der Waals surface area contributed by atoms with Gasteiger partial charge in [0.05, 0.1) is 5.39 Å². The first-order valence-corrected chi connectivity index (χ1v) is 10.8. The number of Topliss-reactive ketones (excluding diaryl/α,β-unsaturated/α-hetero) is 1. The highest BCUT2D eigenvalue weighted by molar-refractivity contribution is 7.16. The van der Waals surface area contributed by atoms with Crippen LogP contribution < -0.4 is 4.90 Å². The normalized spacial score (nSPS) is 14.6. The zero-order valence-corrected chi connectivity index (χ0v) is 17.8. The number of fused-ring (bicyclic) bond motifs is 1. The van der Waals surface area contributed by atoms with Crippen LogP contribution in [0.2, 0.25) is 0 Å². The minimum atomic E-state index is -0.0212. The maximum atomic E-state index is 13.2. The van der Waals surface area contributed by atoms with Crippen LogP contribution in [-0.4, -0.2) is 57.7 Å². The first kappa shape index (κ1) is 19.6. The smallest absolute Gasteiger partial charge is 0.270 e. The third kappa shape index (κ3) is 3.53. The number of hydrogen-bond donors (Lipinski definition) is 1. The SMILES string of the molecule is CCCc1c(C(=O)N2CCN(c3ncnc4sccc34)CC2)[nH]c(C)c1C(C)=O. The number of piperazine rings is 1. The molecule has 7 nitrogen and oxygen atoms in total. The molecule has 4 rings (SSSR count). The lowest BCUT2D eigenvalue weighted by molar-refractivity contribution is 0.0740. The molecule has 29 heavy (non-hydrogen) atoms. The molecule has 3 aromatic rings. The average molecular weight is 412 g/mol. The molecule has 1 saturated heterocycles. The minimum Gasteiger partial charge on any atom is -0.354 e. The summed E-state index contributed by atoms with van der Waals surface area (Å²) >= 11 is 1.61. The summed E-state index contributed by atoms with van der Waals surface area (Å²) in [5.74, 6) is 0.922. The Kier molecular flexibility index (Phi) is 5.36. The Hall–Kier alpha value is -2.74. The number of nitrogens with one attached hydrogen (secondary N) is 1. The number of hydrogen-bond acceptors (Lipinski definition) is 6. The molecule has 0 spiro atoms. The quantitative estimate of drug-likeness (QED) is 0.651. The fourth-order valence-corrected chi connectivity index (χ4v) is 4.87. The van der Waals surface area contributed by atoms with Crippen molar-refractivity contribution >= 4 is 39.1 Å². The summed E-state index contributed by atoms with van der Waals surface area (Å²) in [6, 6.07) is 2.05. The molecule has 3 aromatic heterocycles. The van der Waals surface area contributed by atoms with Crippen molar-refractivity contribution in [2.45, 2.75) is 33.6 Å². The Morgan fingerprint density at radius 1 is 1.21 bits per heavy atom. The summed E-state index contributed by atoms with van der Waals surface area (Å²) in [5, 5.41) is 3.09. The number of H-pyrrole nitrogens is 1. The topological polar surface area (TPSA) is 82.2 Å².